The monoisotopic (exact) mass is 398 g/mol. The van der Waals surface area contributed by atoms with Crippen molar-refractivity contribution < 1.29 is 4.79 Å². The molecule has 3 heterocycles. The van der Waals surface area contributed by atoms with Crippen LogP contribution in [0.5, 0.6) is 0 Å². The van der Waals surface area contributed by atoms with Gasteiger partial charge < -0.3 is 19.4 Å². The minimum Gasteiger partial charge on any atom is -0.361 e. The quantitative estimate of drug-likeness (QED) is 0.487. The Bertz CT molecular complexity index is 1490. The van der Waals surface area contributed by atoms with Gasteiger partial charge in [0.15, 0.2) is 0 Å². The number of pyridine rings is 1. The highest BCUT2D eigenvalue weighted by atomic mass is 16.2. The number of hydrogen-bond acceptors (Lipinski definition) is 2. The van der Waals surface area contributed by atoms with Gasteiger partial charge in [0.05, 0.1) is 16.4 Å². The van der Waals surface area contributed by atoms with Gasteiger partial charge >= 0.3 is 0 Å². The lowest BCUT2D eigenvalue weighted by atomic mass is 10.1. The highest BCUT2D eigenvalue weighted by Crippen LogP contribution is 2.25. The average molecular weight is 398 g/mol. The number of hydrogen-bond donors (Lipinski definition) is 2. The van der Waals surface area contributed by atoms with Gasteiger partial charge in [-0.15, -0.1) is 0 Å². The van der Waals surface area contributed by atoms with Crippen molar-refractivity contribution in [1.29, 1.82) is 0 Å². The number of amides is 1. The van der Waals surface area contributed by atoms with E-state index in [1.165, 1.54) is 10.9 Å². The Kier molecular flexibility index (Phi) is 4.20. The molecule has 5 aromatic rings. The number of benzene rings is 2. The molecule has 0 fully saturated rings. The maximum Gasteiger partial charge on any atom is 0.267 e. The number of aromatic amines is 1. The van der Waals surface area contributed by atoms with Crippen molar-refractivity contribution in [3.63, 3.8) is 0 Å². The Hall–Kier alpha value is -3.80. The van der Waals surface area contributed by atoms with Crippen molar-refractivity contribution in [1.82, 2.24) is 19.4 Å². The Balaban J connectivity index is 1.45. The molecule has 0 saturated heterocycles. The summed E-state index contributed by atoms with van der Waals surface area (Å²) < 4.78 is 3.45. The zero-order valence-corrected chi connectivity index (χ0v) is 16.9. The molecule has 150 valence electrons. The van der Waals surface area contributed by atoms with E-state index >= 15 is 0 Å². The zero-order valence-electron chi connectivity index (χ0n) is 16.9. The van der Waals surface area contributed by atoms with E-state index < -0.39 is 0 Å². The molecule has 30 heavy (non-hydrogen) atoms. The lowest BCUT2D eigenvalue weighted by Crippen LogP contribution is -2.27. The van der Waals surface area contributed by atoms with Crippen molar-refractivity contribution >= 4 is 38.6 Å². The molecule has 6 heteroatoms. The molecule has 0 saturated carbocycles. The minimum absolute atomic E-state index is 0.0999. The van der Waals surface area contributed by atoms with Crippen LogP contribution >= 0.6 is 0 Å². The number of carbonyl (C=O) groups excluding carboxylic acids is 1. The molecule has 3 aromatic heterocycles. The highest BCUT2D eigenvalue weighted by molar-refractivity contribution is 6.08. The summed E-state index contributed by atoms with van der Waals surface area (Å²) in [4.78, 5) is 29.0. The minimum atomic E-state index is -0.181. The second-order valence-corrected chi connectivity index (χ2v) is 7.60. The van der Waals surface area contributed by atoms with Crippen molar-refractivity contribution in [2.75, 3.05) is 6.54 Å². The van der Waals surface area contributed by atoms with Crippen LogP contribution in [0.15, 0.2) is 65.6 Å². The number of fused-ring (bicyclic) bond motifs is 4. The third-order valence-electron chi connectivity index (χ3n) is 5.88. The molecule has 5 rings (SSSR count). The van der Waals surface area contributed by atoms with Gasteiger partial charge in [-0.3, -0.25) is 9.59 Å². The first-order valence-corrected chi connectivity index (χ1v) is 9.96. The van der Waals surface area contributed by atoms with Crippen molar-refractivity contribution in [2.45, 2.75) is 6.42 Å². The first kappa shape index (κ1) is 18.2. The normalized spacial score (nSPS) is 11.5. The number of aromatic nitrogens is 3. The summed E-state index contributed by atoms with van der Waals surface area (Å²) in [5.74, 6) is -0.181. The van der Waals surface area contributed by atoms with Crippen LogP contribution in [0.2, 0.25) is 0 Å². The number of H-pyrrole nitrogens is 1. The van der Waals surface area contributed by atoms with Gasteiger partial charge in [0.25, 0.3) is 11.5 Å². The fourth-order valence-electron chi connectivity index (χ4n) is 4.31. The molecule has 0 aliphatic rings. The number of nitrogens with one attached hydrogen (secondary N) is 2. The molecule has 0 aliphatic carbocycles. The summed E-state index contributed by atoms with van der Waals surface area (Å²) in [6.45, 7) is 0.515. The predicted molar refractivity (Wildman–Crippen MR) is 120 cm³/mol. The predicted octanol–water partition coefficient (Wildman–Crippen LogP) is 3.48. The molecule has 0 aliphatic heterocycles. The second kappa shape index (κ2) is 6.91. The van der Waals surface area contributed by atoms with Crippen LogP contribution in [0.1, 0.15) is 16.1 Å². The Morgan fingerprint density at radius 3 is 2.53 bits per heavy atom. The van der Waals surface area contributed by atoms with Crippen molar-refractivity contribution in [2.24, 2.45) is 14.1 Å². The summed E-state index contributed by atoms with van der Waals surface area (Å²) in [6.07, 6.45) is 2.72. The van der Waals surface area contributed by atoms with Gasteiger partial charge in [-0.05, 0) is 30.2 Å². The van der Waals surface area contributed by atoms with E-state index in [1.54, 1.807) is 17.7 Å². The van der Waals surface area contributed by atoms with Gasteiger partial charge in [0.2, 0.25) is 0 Å². The van der Waals surface area contributed by atoms with Gasteiger partial charge in [0, 0.05) is 43.1 Å². The molecule has 1 amide bonds. The summed E-state index contributed by atoms with van der Waals surface area (Å²) in [7, 11) is 3.60. The van der Waals surface area contributed by atoms with E-state index in [2.05, 4.69) is 16.4 Å². The third kappa shape index (κ3) is 2.72. The Labute approximate surface area is 172 Å². The maximum absolute atomic E-state index is 12.9. The van der Waals surface area contributed by atoms with Crippen LogP contribution in [0, 0.1) is 0 Å². The van der Waals surface area contributed by atoms with Gasteiger partial charge in [0.1, 0.15) is 5.69 Å². The topological polar surface area (TPSA) is 71.8 Å². The summed E-state index contributed by atoms with van der Waals surface area (Å²) >= 11 is 0. The number of carbonyl (C=O) groups is 1. The molecule has 0 atom stereocenters. The molecule has 2 aromatic carbocycles. The number of nitrogens with zero attached hydrogens (tertiary/aromatic N) is 2. The van der Waals surface area contributed by atoms with Crippen LogP contribution in [-0.4, -0.2) is 26.6 Å². The average Bonchev–Trinajstić information content (AvgIpc) is 3.33. The number of para-hydroxylation sites is 2. The Morgan fingerprint density at radius 2 is 1.70 bits per heavy atom. The zero-order chi connectivity index (χ0) is 20.8. The van der Waals surface area contributed by atoms with Gasteiger partial charge in [-0.2, -0.15) is 0 Å². The lowest BCUT2D eigenvalue weighted by molar-refractivity contribution is 0.0946. The highest BCUT2D eigenvalue weighted by Gasteiger charge is 2.18. The molecule has 0 unspecified atom stereocenters. The van der Waals surface area contributed by atoms with Crippen LogP contribution < -0.4 is 10.9 Å². The van der Waals surface area contributed by atoms with E-state index in [0.29, 0.717) is 17.6 Å². The van der Waals surface area contributed by atoms with E-state index in [0.717, 1.165) is 28.4 Å². The molecule has 2 N–H and O–H groups in total. The van der Waals surface area contributed by atoms with Crippen LogP contribution in [0.4, 0.5) is 0 Å². The molecule has 0 bridgehead atoms. The largest absolute Gasteiger partial charge is 0.361 e. The molecule has 6 nitrogen and oxygen atoms in total. The fraction of sp³-hybridized carbons (Fsp3) is 0.167. The van der Waals surface area contributed by atoms with E-state index in [1.807, 2.05) is 60.3 Å². The summed E-state index contributed by atoms with van der Waals surface area (Å²) in [6, 6.07) is 17.6. The standard InChI is InChI=1S/C24H22N4O2/c1-27-21(13-18-22(27)17-8-4-6-10-20(17)28(2)24(18)30)23(29)25-12-11-15-14-26-19-9-5-3-7-16(15)19/h3-10,13-14,26H,11-12H2,1-2H3,(H,25,29). The smallest absolute Gasteiger partial charge is 0.267 e. The second-order valence-electron chi connectivity index (χ2n) is 7.60. The van der Waals surface area contributed by atoms with Crippen LogP contribution in [0.25, 0.3) is 32.7 Å². The molecular formula is C24H22N4O2. The number of rotatable bonds is 4. The van der Waals surface area contributed by atoms with E-state index in [9.17, 15) is 9.59 Å². The van der Waals surface area contributed by atoms with Crippen LogP contribution in [0.3, 0.4) is 0 Å². The van der Waals surface area contributed by atoms with Crippen molar-refractivity contribution in [3.8, 4) is 0 Å². The fourth-order valence-corrected chi connectivity index (χ4v) is 4.31. The first-order chi connectivity index (χ1) is 14.6. The third-order valence-corrected chi connectivity index (χ3v) is 5.88. The summed E-state index contributed by atoms with van der Waals surface area (Å²) in [5.41, 5.74) is 4.28. The first-order valence-electron chi connectivity index (χ1n) is 9.96. The van der Waals surface area contributed by atoms with Crippen molar-refractivity contribution in [3.05, 3.63) is 82.4 Å². The lowest BCUT2D eigenvalue weighted by Gasteiger charge is -2.09. The van der Waals surface area contributed by atoms with Gasteiger partial charge in [-0.25, -0.2) is 0 Å². The van der Waals surface area contributed by atoms with E-state index in [-0.39, 0.29) is 11.5 Å². The van der Waals surface area contributed by atoms with E-state index in [4.69, 9.17) is 0 Å². The SMILES string of the molecule is Cn1c(C(=O)NCCc2c[nH]c3ccccc23)cc2c(=O)n(C)c3ccccc3c21. The molecular weight excluding hydrogens is 376 g/mol. The number of aryl methyl sites for hydroxylation is 2. The Morgan fingerprint density at radius 1 is 0.967 bits per heavy atom. The van der Waals surface area contributed by atoms with Gasteiger partial charge in [-0.1, -0.05) is 36.4 Å². The van der Waals surface area contributed by atoms with Crippen LogP contribution in [-0.2, 0) is 20.5 Å². The molecule has 0 spiro atoms. The summed E-state index contributed by atoms with van der Waals surface area (Å²) in [5, 5.41) is 5.69. The molecule has 0 radical (unpaired) electrons. The maximum atomic E-state index is 12.9.